The third kappa shape index (κ3) is 3.42. The first-order chi connectivity index (χ1) is 9.51. The zero-order valence-corrected chi connectivity index (χ0v) is 12.1. The Labute approximate surface area is 124 Å². The van der Waals surface area contributed by atoms with E-state index in [1.54, 1.807) is 24.3 Å². The van der Waals surface area contributed by atoms with Crippen LogP contribution < -0.4 is 5.73 Å². The molecule has 0 heterocycles. The third-order valence-corrected chi connectivity index (χ3v) is 3.69. The van der Waals surface area contributed by atoms with Crippen molar-refractivity contribution in [1.29, 1.82) is 0 Å². The number of halogens is 3. The normalized spacial score (nSPS) is 14.1. The van der Waals surface area contributed by atoms with Crippen molar-refractivity contribution in [1.82, 2.24) is 0 Å². The van der Waals surface area contributed by atoms with Crippen molar-refractivity contribution in [3.05, 3.63) is 69.7 Å². The lowest BCUT2D eigenvalue weighted by molar-refractivity contribution is 0.147. The molecule has 3 N–H and O–H groups in total. The lowest BCUT2D eigenvalue weighted by atomic mass is 9.89. The lowest BCUT2D eigenvalue weighted by Gasteiger charge is -2.22. The van der Waals surface area contributed by atoms with Gasteiger partial charge in [-0.1, -0.05) is 28.1 Å². The zero-order valence-electron chi connectivity index (χ0n) is 10.6. The number of benzene rings is 2. The van der Waals surface area contributed by atoms with Gasteiger partial charge >= 0.3 is 0 Å². The average Bonchev–Trinajstić information content (AvgIpc) is 2.39. The summed E-state index contributed by atoms with van der Waals surface area (Å²) in [6.07, 6.45) is -0.922. The van der Waals surface area contributed by atoms with Crippen LogP contribution in [0.3, 0.4) is 0 Å². The molecule has 5 heteroatoms. The van der Waals surface area contributed by atoms with Crippen molar-refractivity contribution in [2.75, 3.05) is 6.54 Å². The molecule has 106 valence electrons. The van der Waals surface area contributed by atoms with Gasteiger partial charge in [0, 0.05) is 23.0 Å². The van der Waals surface area contributed by atoms with Crippen molar-refractivity contribution in [3.8, 4) is 0 Å². The Morgan fingerprint density at radius 2 is 1.55 bits per heavy atom. The summed E-state index contributed by atoms with van der Waals surface area (Å²) in [5.41, 5.74) is 6.65. The van der Waals surface area contributed by atoms with Gasteiger partial charge in [-0.3, -0.25) is 0 Å². The van der Waals surface area contributed by atoms with Gasteiger partial charge < -0.3 is 10.8 Å². The average molecular weight is 342 g/mol. The van der Waals surface area contributed by atoms with Crippen LogP contribution in [0.15, 0.2) is 46.9 Å². The summed E-state index contributed by atoms with van der Waals surface area (Å²) >= 11 is 3.31. The predicted octanol–water partition coefficient (Wildman–Crippen LogP) is 3.50. The lowest BCUT2D eigenvalue weighted by Crippen LogP contribution is -2.20. The van der Waals surface area contributed by atoms with E-state index in [1.165, 1.54) is 12.1 Å². The summed E-state index contributed by atoms with van der Waals surface area (Å²) in [6.45, 7) is 0.0835. The van der Waals surface area contributed by atoms with Gasteiger partial charge in [0.25, 0.3) is 0 Å². The maximum absolute atomic E-state index is 13.3. The second kappa shape index (κ2) is 6.43. The molecular weight excluding hydrogens is 328 g/mol. The molecule has 0 amide bonds. The van der Waals surface area contributed by atoms with E-state index in [0.29, 0.717) is 11.1 Å². The smallest absolute Gasteiger partial charge is 0.126 e. The summed E-state index contributed by atoms with van der Waals surface area (Å²) in [4.78, 5) is 0. The largest absolute Gasteiger partial charge is 0.388 e. The van der Waals surface area contributed by atoms with Crippen LogP contribution in [-0.4, -0.2) is 11.7 Å². The van der Waals surface area contributed by atoms with Crippen molar-refractivity contribution in [3.63, 3.8) is 0 Å². The molecule has 0 aromatic heterocycles. The SMILES string of the molecule is NCC(c1cc(F)cc(F)c1)C(O)c1ccc(Br)cc1. The first-order valence-electron chi connectivity index (χ1n) is 6.11. The molecule has 0 fully saturated rings. The Morgan fingerprint density at radius 1 is 1.00 bits per heavy atom. The van der Waals surface area contributed by atoms with E-state index in [9.17, 15) is 13.9 Å². The van der Waals surface area contributed by atoms with Gasteiger partial charge in [0.2, 0.25) is 0 Å². The van der Waals surface area contributed by atoms with E-state index in [-0.39, 0.29) is 6.54 Å². The van der Waals surface area contributed by atoms with Crippen LogP contribution in [0.1, 0.15) is 23.1 Å². The van der Waals surface area contributed by atoms with Crippen molar-refractivity contribution in [2.24, 2.45) is 5.73 Å². The van der Waals surface area contributed by atoms with E-state index < -0.39 is 23.7 Å². The van der Waals surface area contributed by atoms with Gasteiger partial charge in [-0.05, 0) is 35.4 Å². The maximum Gasteiger partial charge on any atom is 0.126 e. The number of hydrogen-bond acceptors (Lipinski definition) is 2. The summed E-state index contributed by atoms with van der Waals surface area (Å²) in [7, 11) is 0. The molecule has 2 rings (SSSR count). The molecule has 0 saturated carbocycles. The minimum atomic E-state index is -0.922. The third-order valence-electron chi connectivity index (χ3n) is 3.16. The van der Waals surface area contributed by atoms with Crippen molar-refractivity contribution in [2.45, 2.75) is 12.0 Å². The van der Waals surface area contributed by atoms with E-state index in [0.717, 1.165) is 10.5 Å². The predicted molar refractivity (Wildman–Crippen MR) is 77.3 cm³/mol. The van der Waals surface area contributed by atoms with Gasteiger partial charge in [0.15, 0.2) is 0 Å². The van der Waals surface area contributed by atoms with Gasteiger partial charge in [0.05, 0.1) is 6.10 Å². The summed E-state index contributed by atoms with van der Waals surface area (Å²) < 4.78 is 27.4. The Balaban J connectivity index is 2.33. The summed E-state index contributed by atoms with van der Waals surface area (Å²) in [5.74, 6) is -1.93. The molecular formula is C15H14BrF2NO. The van der Waals surface area contributed by atoms with Crippen LogP contribution in [0.5, 0.6) is 0 Å². The Hall–Kier alpha value is -1.30. The molecule has 2 aromatic carbocycles. The van der Waals surface area contributed by atoms with E-state index in [1.807, 2.05) is 0 Å². The highest BCUT2D eigenvalue weighted by Gasteiger charge is 2.22. The molecule has 2 aromatic rings. The van der Waals surface area contributed by atoms with E-state index in [2.05, 4.69) is 15.9 Å². The van der Waals surface area contributed by atoms with Gasteiger partial charge in [-0.2, -0.15) is 0 Å². The molecule has 0 aliphatic rings. The fourth-order valence-corrected chi connectivity index (χ4v) is 2.39. The Morgan fingerprint density at radius 3 is 2.05 bits per heavy atom. The molecule has 0 spiro atoms. The van der Waals surface area contributed by atoms with Crippen LogP contribution in [0.4, 0.5) is 8.78 Å². The fourth-order valence-electron chi connectivity index (χ4n) is 2.13. The molecule has 0 saturated heterocycles. The molecule has 0 bridgehead atoms. The molecule has 20 heavy (non-hydrogen) atoms. The maximum atomic E-state index is 13.3. The van der Waals surface area contributed by atoms with Crippen molar-refractivity contribution < 1.29 is 13.9 Å². The molecule has 0 radical (unpaired) electrons. The minimum absolute atomic E-state index is 0.0835. The van der Waals surface area contributed by atoms with E-state index in [4.69, 9.17) is 5.73 Å². The first kappa shape index (κ1) is 15.1. The number of nitrogens with two attached hydrogens (primary N) is 1. The Bertz CT molecular complexity index is 569. The first-order valence-corrected chi connectivity index (χ1v) is 6.90. The molecule has 0 aliphatic carbocycles. The van der Waals surface area contributed by atoms with Crippen LogP contribution in [0, 0.1) is 11.6 Å². The number of aliphatic hydroxyl groups is 1. The number of rotatable bonds is 4. The monoisotopic (exact) mass is 341 g/mol. The highest BCUT2D eigenvalue weighted by molar-refractivity contribution is 9.10. The minimum Gasteiger partial charge on any atom is -0.388 e. The summed E-state index contributed by atoms with van der Waals surface area (Å²) in [6, 6.07) is 10.3. The highest BCUT2D eigenvalue weighted by atomic mass is 79.9. The number of hydrogen-bond donors (Lipinski definition) is 2. The second-order valence-electron chi connectivity index (χ2n) is 4.54. The topological polar surface area (TPSA) is 46.2 Å². The Kier molecular flexibility index (Phi) is 4.86. The van der Waals surface area contributed by atoms with Crippen molar-refractivity contribution >= 4 is 15.9 Å². The van der Waals surface area contributed by atoms with Gasteiger partial charge in [-0.15, -0.1) is 0 Å². The fraction of sp³-hybridized carbons (Fsp3) is 0.200. The highest BCUT2D eigenvalue weighted by Crippen LogP contribution is 2.31. The van der Waals surface area contributed by atoms with Gasteiger partial charge in [0.1, 0.15) is 11.6 Å². The standard InChI is InChI=1S/C15H14BrF2NO/c16-11-3-1-9(2-4-11)15(20)14(8-19)10-5-12(17)7-13(18)6-10/h1-7,14-15,20H,8,19H2. The van der Waals surface area contributed by atoms with E-state index >= 15 is 0 Å². The molecule has 0 aliphatic heterocycles. The van der Waals surface area contributed by atoms with Crippen LogP contribution >= 0.6 is 15.9 Å². The number of aliphatic hydroxyl groups excluding tert-OH is 1. The zero-order chi connectivity index (χ0) is 14.7. The summed E-state index contributed by atoms with van der Waals surface area (Å²) in [5, 5.41) is 10.4. The van der Waals surface area contributed by atoms with Gasteiger partial charge in [-0.25, -0.2) is 8.78 Å². The molecule has 2 nitrogen and oxygen atoms in total. The van der Waals surface area contributed by atoms with Crippen LogP contribution in [0.25, 0.3) is 0 Å². The second-order valence-corrected chi connectivity index (χ2v) is 5.46. The van der Waals surface area contributed by atoms with Crippen LogP contribution in [-0.2, 0) is 0 Å². The van der Waals surface area contributed by atoms with Crippen LogP contribution in [0.2, 0.25) is 0 Å². The quantitative estimate of drug-likeness (QED) is 0.893. The molecule has 2 unspecified atom stereocenters. The molecule has 2 atom stereocenters.